The first-order valence-corrected chi connectivity index (χ1v) is 7.49. The van der Waals surface area contributed by atoms with Crippen molar-refractivity contribution >= 4 is 21.7 Å². The van der Waals surface area contributed by atoms with Gasteiger partial charge in [0, 0.05) is 35.4 Å². The van der Waals surface area contributed by atoms with Crippen molar-refractivity contribution in [3.05, 3.63) is 34.3 Å². The average molecular weight is 308 g/mol. The van der Waals surface area contributed by atoms with Gasteiger partial charge >= 0.3 is 0 Å². The molecule has 18 heavy (non-hydrogen) atoms. The molecule has 0 N–H and O–H groups in total. The zero-order valence-electron chi connectivity index (χ0n) is 10.6. The Bertz CT molecular complexity index is 440. The Labute approximate surface area is 116 Å². The lowest BCUT2D eigenvalue weighted by Gasteiger charge is -2.38. The SMILES string of the molecule is CC(c1ccc(Br)cc1)N1C2CCC1CC(=O)C2. The van der Waals surface area contributed by atoms with Gasteiger partial charge in [0.25, 0.3) is 0 Å². The highest BCUT2D eigenvalue weighted by molar-refractivity contribution is 9.10. The van der Waals surface area contributed by atoms with Crippen LogP contribution in [0.1, 0.15) is 44.2 Å². The van der Waals surface area contributed by atoms with Gasteiger partial charge in [0.2, 0.25) is 0 Å². The first-order valence-electron chi connectivity index (χ1n) is 6.70. The van der Waals surface area contributed by atoms with Gasteiger partial charge in [0.05, 0.1) is 0 Å². The molecule has 3 rings (SSSR count). The number of benzene rings is 1. The van der Waals surface area contributed by atoms with Crippen LogP contribution in [-0.2, 0) is 4.79 Å². The van der Waals surface area contributed by atoms with E-state index in [1.807, 2.05) is 0 Å². The van der Waals surface area contributed by atoms with Gasteiger partial charge < -0.3 is 0 Å². The fourth-order valence-electron chi connectivity index (χ4n) is 3.55. The van der Waals surface area contributed by atoms with Crippen LogP contribution in [0.2, 0.25) is 0 Å². The molecule has 0 amide bonds. The molecular weight excluding hydrogens is 290 g/mol. The van der Waals surface area contributed by atoms with E-state index in [0.29, 0.717) is 23.9 Å². The zero-order chi connectivity index (χ0) is 12.7. The summed E-state index contributed by atoms with van der Waals surface area (Å²) >= 11 is 3.48. The van der Waals surface area contributed by atoms with Crippen molar-refractivity contribution in [3.8, 4) is 0 Å². The third kappa shape index (κ3) is 2.14. The van der Waals surface area contributed by atoms with E-state index >= 15 is 0 Å². The number of nitrogens with zero attached hydrogens (tertiary/aromatic N) is 1. The van der Waals surface area contributed by atoms with E-state index < -0.39 is 0 Å². The fourth-order valence-corrected chi connectivity index (χ4v) is 3.82. The second-order valence-corrected chi connectivity index (χ2v) is 6.42. The van der Waals surface area contributed by atoms with Gasteiger partial charge in [0.1, 0.15) is 5.78 Å². The number of hydrogen-bond acceptors (Lipinski definition) is 2. The molecule has 1 aromatic carbocycles. The molecule has 1 aromatic rings. The second-order valence-electron chi connectivity index (χ2n) is 5.51. The van der Waals surface area contributed by atoms with Gasteiger partial charge in [-0.1, -0.05) is 28.1 Å². The third-order valence-electron chi connectivity index (χ3n) is 4.40. The topological polar surface area (TPSA) is 20.3 Å². The predicted molar refractivity (Wildman–Crippen MR) is 75.4 cm³/mol. The van der Waals surface area contributed by atoms with Gasteiger partial charge in [-0.2, -0.15) is 0 Å². The molecule has 0 aliphatic carbocycles. The van der Waals surface area contributed by atoms with Crippen LogP contribution in [-0.4, -0.2) is 22.8 Å². The highest BCUT2D eigenvalue weighted by Crippen LogP contribution is 2.40. The average Bonchev–Trinajstić information content (AvgIpc) is 2.62. The molecule has 3 atom stereocenters. The Hall–Kier alpha value is -0.670. The molecule has 2 aliphatic rings. The van der Waals surface area contributed by atoms with E-state index in [9.17, 15) is 4.79 Å². The Morgan fingerprint density at radius 1 is 1.17 bits per heavy atom. The van der Waals surface area contributed by atoms with Crippen LogP contribution in [0.15, 0.2) is 28.7 Å². The van der Waals surface area contributed by atoms with Crippen LogP contribution in [0.5, 0.6) is 0 Å². The van der Waals surface area contributed by atoms with Crippen LogP contribution in [0, 0.1) is 0 Å². The second kappa shape index (κ2) is 4.78. The lowest BCUT2D eigenvalue weighted by Crippen LogP contribution is -2.44. The number of carbonyl (C=O) groups excluding carboxylic acids is 1. The summed E-state index contributed by atoms with van der Waals surface area (Å²) in [6.07, 6.45) is 3.91. The quantitative estimate of drug-likeness (QED) is 0.830. The van der Waals surface area contributed by atoms with Crippen molar-refractivity contribution in [2.75, 3.05) is 0 Å². The van der Waals surface area contributed by atoms with Crippen molar-refractivity contribution in [2.24, 2.45) is 0 Å². The van der Waals surface area contributed by atoms with Crippen LogP contribution in [0.4, 0.5) is 0 Å². The Morgan fingerprint density at radius 3 is 2.28 bits per heavy atom. The highest BCUT2D eigenvalue weighted by Gasteiger charge is 2.42. The summed E-state index contributed by atoms with van der Waals surface area (Å²) in [6, 6.07) is 9.95. The van der Waals surface area contributed by atoms with Crippen LogP contribution in [0.25, 0.3) is 0 Å². The molecule has 0 spiro atoms. The molecule has 2 saturated heterocycles. The maximum absolute atomic E-state index is 11.6. The molecule has 2 heterocycles. The summed E-state index contributed by atoms with van der Waals surface area (Å²) in [7, 11) is 0. The number of ketones is 1. The number of rotatable bonds is 2. The van der Waals surface area contributed by atoms with Gasteiger partial charge in [-0.25, -0.2) is 0 Å². The normalized spacial score (nSPS) is 29.6. The summed E-state index contributed by atoms with van der Waals surface area (Å²) < 4.78 is 1.12. The minimum Gasteiger partial charge on any atom is -0.300 e. The standard InChI is InChI=1S/C15H18BrNO/c1-10(11-2-4-12(16)5-3-11)17-13-6-7-14(17)9-15(18)8-13/h2-5,10,13-14H,6-9H2,1H3. The summed E-state index contributed by atoms with van der Waals surface area (Å²) in [4.78, 5) is 14.2. The lowest BCUT2D eigenvalue weighted by atomic mass is 9.96. The first-order chi connectivity index (χ1) is 8.65. The third-order valence-corrected chi connectivity index (χ3v) is 4.93. The van der Waals surface area contributed by atoms with Crippen LogP contribution >= 0.6 is 15.9 Å². The van der Waals surface area contributed by atoms with E-state index in [1.165, 1.54) is 18.4 Å². The molecule has 3 heteroatoms. The lowest BCUT2D eigenvalue weighted by molar-refractivity contribution is -0.124. The first kappa shape index (κ1) is 12.4. The molecule has 3 unspecified atom stereocenters. The van der Waals surface area contributed by atoms with Crippen molar-refractivity contribution in [2.45, 2.75) is 50.7 Å². The number of piperidine rings is 1. The smallest absolute Gasteiger partial charge is 0.136 e. The number of fused-ring (bicyclic) bond motifs is 2. The van der Waals surface area contributed by atoms with E-state index in [0.717, 1.165) is 17.3 Å². The molecule has 0 radical (unpaired) electrons. The van der Waals surface area contributed by atoms with Crippen LogP contribution < -0.4 is 0 Å². The summed E-state index contributed by atoms with van der Waals surface area (Å²) in [5.41, 5.74) is 1.35. The molecule has 0 saturated carbocycles. The summed E-state index contributed by atoms with van der Waals surface area (Å²) in [5.74, 6) is 0.460. The zero-order valence-corrected chi connectivity index (χ0v) is 12.2. The predicted octanol–water partition coefficient (Wildman–Crippen LogP) is 3.71. The minimum absolute atomic E-state index is 0.420. The van der Waals surface area contributed by atoms with Crippen LogP contribution in [0.3, 0.4) is 0 Å². The van der Waals surface area contributed by atoms with E-state index in [-0.39, 0.29) is 0 Å². The van der Waals surface area contributed by atoms with Crippen molar-refractivity contribution in [3.63, 3.8) is 0 Å². The van der Waals surface area contributed by atoms with E-state index in [1.54, 1.807) is 0 Å². The maximum Gasteiger partial charge on any atom is 0.136 e. The monoisotopic (exact) mass is 307 g/mol. The molecule has 2 fully saturated rings. The number of hydrogen-bond donors (Lipinski definition) is 0. The fraction of sp³-hybridized carbons (Fsp3) is 0.533. The largest absolute Gasteiger partial charge is 0.300 e. The van der Waals surface area contributed by atoms with E-state index in [4.69, 9.17) is 0 Å². The summed E-state index contributed by atoms with van der Waals surface area (Å²) in [6.45, 7) is 2.27. The number of halogens is 1. The molecule has 2 nitrogen and oxygen atoms in total. The molecule has 0 aromatic heterocycles. The summed E-state index contributed by atoms with van der Waals surface area (Å²) in [5, 5.41) is 0. The van der Waals surface area contributed by atoms with E-state index in [2.05, 4.69) is 52.0 Å². The van der Waals surface area contributed by atoms with Crippen molar-refractivity contribution in [1.82, 2.24) is 4.90 Å². The van der Waals surface area contributed by atoms with Crippen molar-refractivity contribution < 1.29 is 4.79 Å². The number of Topliss-reactive ketones (excluding diaryl/α,β-unsaturated/α-hetero) is 1. The Kier molecular flexibility index (Phi) is 3.29. The molecule has 96 valence electrons. The highest BCUT2D eigenvalue weighted by atomic mass is 79.9. The molecule has 2 aliphatic heterocycles. The van der Waals surface area contributed by atoms with Gasteiger partial charge in [-0.15, -0.1) is 0 Å². The van der Waals surface area contributed by atoms with Crippen molar-refractivity contribution in [1.29, 1.82) is 0 Å². The Balaban J connectivity index is 1.83. The van der Waals surface area contributed by atoms with Gasteiger partial charge in [-0.3, -0.25) is 9.69 Å². The number of carbonyl (C=O) groups is 1. The Morgan fingerprint density at radius 2 is 1.72 bits per heavy atom. The van der Waals surface area contributed by atoms with Gasteiger partial charge in [0.15, 0.2) is 0 Å². The molecule has 2 bridgehead atoms. The molecular formula is C15H18BrNO. The minimum atomic E-state index is 0.420. The maximum atomic E-state index is 11.6. The van der Waals surface area contributed by atoms with Gasteiger partial charge in [-0.05, 0) is 37.5 Å².